The molecule has 2 aliphatic rings. The van der Waals surface area contributed by atoms with Crippen LogP contribution < -0.4 is 5.73 Å². The zero-order chi connectivity index (χ0) is 22.4. The lowest BCUT2D eigenvalue weighted by Gasteiger charge is -2.46. The number of ether oxygens (including phenoxy) is 3. The number of hydrogen-bond donors (Lipinski definition) is 2. The van der Waals surface area contributed by atoms with Crippen LogP contribution in [0.15, 0.2) is 47.2 Å². The van der Waals surface area contributed by atoms with E-state index in [-0.39, 0.29) is 6.61 Å². The molecule has 2 aromatic heterocycles. The number of nitrogens with zero attached hydrogens (tertiary/aromatic N) is 4. The molecule has 4 heterocycles. The molecule has 0 saturated carbocycles. The molecule has 6 atom stereocenters. The van der Waals surface area contributed by atoms with Gasteiger partial charge in [0.2, 0.25) is 0 Å². The lowest BCUT2D eigenvalue weighted by Crippen LogP contribution is -2.62. The quantitative estimate of drug-likeness (QED) is 0.504. The van der Waals surface area contributed by atoms with Gasteiger partial charge in [0.1, 0.15) is 40.5 Å². The molecule has 3 aromatic rings. The van der Waals surface area contributed by atoms with Crippen LogP contribution in [0.2, 0.25) is 5.02 Å². The predicted molar refractivity (Wildman–Crippen MR) is 118 cm³/mol. The lowest BCUT2D eigenvalue weighted by atomic mass is 9.92. The molecule has 5 rings (SSSR count). The third kappa shape index (κ3) is 3.96. The number of aromatic nitrogens is 4. The van der Waals surface area contributed by atoms with Gasteiger partial charge < -0.3 is 25.1 Å². The summed E-state index contributed by atoms with van der Waals surface area (Å²) >= 11 is 9.56. The van der Waals surface area contributed by atoms with Crippen molar-refractivity contribution < 1.29 is 19.3 Å². The second-order valence-corrected chi connectivity index (χ2v) is 8.92. The summed E-state index contributed by atoms with van der Waals surface area (Å²) in [6, 6.07) is 10.6. The average Bonchev–Trinajstić information content (AvgIpc) is 3.19. The van der Waals surface area contributed by atoms with Crippen LogP contribution in [0.4, 0.5) is 0 Å². The SMILES string of the molecule is Cc1nc(C2OC3COC(c4ccccc4)OC3C(N)C2O)n(-c2cc(Cl)cnc2Br)n1. The minimum Gasteiger partial charge on any atom is -0.388 e. The summed E-state index contributed by atoms with van der Waals surface area (Å²) in [5.74, 6) is 0.887. The van der Waals surface area contributed by atoms with Crippen LogP contribution >= 0.6 is 27.5 Å². The fraction of sp³-hybridized carbons (Fsp3) is 0.381. The van der Waals surface area contributed by atoms with Crippen molar-refractivity contribution >= 4 is 27.5 Å². The summed E-state index contributed by atoms with van der Waals surface area (Å²) in [5, 5.41) is 16.0. The van der Waals surface area contributed by atoms with Crippen molar-refractivity contribution in [1.29, 1.82) is 0 Å². The highest BCUT2D eigenvalue weighted by Crippen LogP contribution is 2.38. The van der Waals surface area contributed by atoms with E-state index in [1.54, 1.807) is 17.7 Å². The van der Waals surface area contributed by atoms with Crippen LogP contribution in [-0.2, 0) is 14.2 Å². The monoisotopic (exact) mass is 521 g/mol. The van der Waals surface area contributed by atoms with Crippen molar-refractivity contribution in [3.05, 3.63) is 69.4 Å². The molecule has 32 heavy (non-hydrogen) atoms. The number of halogens is 2. The van der Waals surface area contributed by atoms with Crippen LogP contribution in [0.1, 0.15) is 29.6 Å². The Bertz CT molecular complexity index is 1110. The number of aliphatic hydroxyl groups is 1. The highest BCUT2D eigenvalue weighted by atomic mass is 79.9. The maximum atomic E-state index is 11.1. The largest absolute Gasteiger partial charge is 0.388 e. The molecule has 1 aromatic carbocycles. The number of pyridine rings is 1. The minimum absolute atomic E-state index is 0.261. The standard InChI is InChI=1S/C21H21BrClN5O4/c1-10-26-20(28(27-10)13-7-12(23)8-25-19(13)22)18-16(29)15(24)17-14(31-18)9-30-21(32-17)11-5-3-2-4-6-11/h2-8,14-18,21,29H,9,24H2,1H3. The molecule has 2 fully saturated rings. The summed E-state index contributed by atoms with van der Waals surface area (Å²) in [6.45, 7) is 2.01. The van der Waals surface area contributed by atoms with Gasteiger partial charge in [-0.15, -0.1) is 0 Å². The van der Waals surface area contributed by atoms with Gasteiger partial charge in [0.05, 0.1) is 17.7 Å². The van der Waals surface area contributed by atoms with E-state index >= 15 is 0 Å². The second-order valence-electron chi connectivity index (χ2n) is 7.73. The fourth-order valence-corrected chi connectivity index (χ4v) is 4.56. The maximum absolute atomic E-state index is 11.1. The van der Waals surface area contributed by atoms with E-state index in [4.69, 9.17) is 31.5 Å². The Kier molecular flexibility index (Phi) is 6.01. The Morgan fingerprint density at radius 1 is 1.25 bits per heavy atom. The van der Waals surface area contributed by atoms with Crippen molar-refractivity contribution in [2.75, 3.05) is 6.61 Å². The molecule has 2 aliphatic heterocycles. The van der Waals surface area contributed by atoms with Gasteiger partial charge in [-0.05, 0) is 28.9 Å². The van der Waals surface area contributed by atoms with E-state index in [1.807, 2.05) is 30.3 Å². The van der Waals surface area contributed by atoms with Crippen LogP contribution in [-0.4, -0.2) is 55.8 Å². The Morgan fingerprint density at radius 3 is 2.81 bits per heavy atom. The van der Waals surface area contributed by atoms with Gasteiger partial charge in [-0.3, -0.25) is 0 Å². The third-order valence-corrected chi connectivity index (χ3v) is 6.36. The molecule has 0 spiro atoms. The van der Waals surface area contributed by atoms with E-state index in [0.29, 0.717) is 27.0 Å². The van der Waals surface area contributed by atoms with Crippen molar-refractivity contribution in [3.8, 4) is 5.69 Å². The number of aliphatic hydroxyl groups excluding tert-OH is 1. The molecule has 168 valence electrons. The molecule has 0 bridgehead atoms. The highest BCUT2D eigenvalue weighted by Gasteiger charge is 2.49. The van der Waals surface area contributed by atoms with E-state index in [1.165, 1.54) is 6.20 Å². The number of rotatable bonds is 3. The summed E-state index contributed by atoms with van der Waals surface area (Å²) in [4.78, 5) is 8.72. The topological polar surface area (TPSA) is 118 Å². The first-order chi connectivity index (χ1) is 15.4. The Labute approximate surface area is 197 Å². The van der Waals surface area contributed by atoms with Gasteiger partial charge in [-0.1, -0.05) is 41.9 Å². The van der Waals surface area contributed by atoms with Crippen molar-refractivity contribution in [1.82, 2.24) is 19.7 Å². The smallest absolute Gasteiger partial charge is 0.184 e. The summed E-state index contributed by atoms with van der Waals surface area (Å²) in [6.07, 6.45) is -2.01. The van der Waals surface area contributed by atoms with Crippen molar-refractivity contribution in [3.63, 3.8) is 0 Å². The van der Waals surface area contributed by atoms with Crippen LogP contribution in [0.5, 0.6) is 0 Å². The Balaban J connectivity index is 1.44. The number of fused-ring (bicyclic) bond motifs is 1. The van der Waals surface area contributed by atoms with E-state index in [0.717, 1.165) is 5.56 Å². The summed E-state index contributed by atoms with van der Waals surface area (Å²) in [7, 11) is 0. The molecule has 0 aliphatic carbocycles. The molecule has 9 nitrogen and oxygen atoms in total. The first kappa shape index (κ1) is 21.9. The number of benzene rings is 1. The molecule has 2 saturated heterocycles. The summed E-state index contributed by atoms with van der Waals surface area (Å²) in [5.41, 5.74) is 7.89. The van der Waals surface area contributed by atoms with Gasteiger partial charge in [-0.2, -0.15) is 5.10 Å². The van der Waals surface area contributed by atoms with Crippen LogP contribution in [0.25, 0.3) is 5.69 Å². The van der Waals surface area contributed by atoms with E-state index in [9.17, 15) is 5.11 Å². The number of hydrogen-bond acceptors (Lipinski definition) is 8. The number of nitrogens with two attached hydrogens (primary N) is 1. The Morgan fingerprint density at radius 2 is 2.03 bits per heavy atom. The maximum Gasteiger partial charge on any atom is 0.184 e. The lowest BCUT2D eigenvalue weighted by molar-refractivity contribution is -0.309. The highest BCUT2D eigenvalue weighted by molar-refractivity contribution is 9.10. The predicted octanol–water partition coefficient (Wildman–Crippen LogP) is 2.63. The van der Waals surface area contributed by atoms with Crippen molar-refractivity contribution in [2.24, 2.45) is 5.73 Å². The van der Waals surface area contributed by atoms with Crippen molar-refractivity contribution in [2.45, 2.75) is 43.7 Å². The zero-order valence-corrected chi connectivity index (χ0v) is 19.3. The van der Waals surface area contributed by atoms with Gasteiger partial charge in [0.15, 0.2) is 12.1 Å². The molecule has 11 heteroatoms. The average molecular weight is 523 g/mol. The zero-order valence-electron chi connectivity index (χ0n) is 17.0. The van der Waals surface area contributed by atoms with Gasteiger partial charge >= 0.3 is 0 Å². The second kappa shape index (κ2) is 8.79. The molecule has 0 radical (unpaired) electrons. The van der Waals surface area contributed by atoms with Gasteiger partial charge in [0.25, 0.3) is 0 Å². The van der Waals surface area contributed by atoms with Crippen LogP contribution in [0, 0.1) is 6.92 Å². The van der Waals surface area contributed by atoms with Crippen LogP contribution in [0.3, 0.4) is 0 Å². The molecule has 6 unspecified atom stereocenters. The normalized spacial score (nSPS) is 30.2. The molecular weight excluding hydrogens is 502 g/mol. The first-order valence-corrected chi connectivity index (χ1v) is 11.3. The minimum atomic E-state index is -1.08. The molecular formula is C21H21BrClN5O4. The summed E-state index contributed by atoms with van der Waals surface area (Å²) < 4.78 is 20.3. The Hall–Kier alpha value is -1.92. The molecule has 3 N–H and O–H groups in total. The fourth-order valence-electron chi connectivity index (χ4n) is 4.02. The third-order valence-electron chi connectivity index (χ3n) is 5.54. The van der Waals surface area contributed by atoms with E-state index in [2.05, 4.69) is 31.0 Å². The van der Waals surface area contributed by atoms with Gasteiger partial charge in [-0.25, -0.2) is 14.6 Å². The van der Waals surface area contributed by atoms with E-state index < -0.39 is 36.7 Å². The number of aryl methyl sites for hydroxylation is 1. The first-order valence-electron chi connectivity index (χ1n) is 10.1. The van der Waals surface area contributed by atoms with Gasteiger partial charge in [0, 0.05) is 11.8 Å². The molecule has 0 amide bonds.